The molecule has 5 rings (SSSR count). The molecular weight excluding hydrogens is 359 g/mol. The van der Waals surface area contributed by atoms with E-state index in [9.17, 15) is 14.0 Å². The summed E-state index contributed by atoms with van der Waals surface area (Å²) in [7, 11) is 0. The van der Waals surface area contributed by atoms with Crippen molar-refractivity contribution in [3.8, 4) is 0 Å². The van der Waals surface area contributed by atoms with E-state index in [2.05, 4.69) is 9.97 Å². The van der Waals surface area contributed by atoms with Gasteiger partial charge in [0.25, 0.3) is 5.56 Å². The van der Waals surface area contributed by atoms with Gasteiger partial charge in [-0.2, -0.15) is 4.39 Å². The topological polar surface area (TPSA) is 69.3 Å². The van der Waals surface area contributed by atoms with Crippen LogP contribution in [0.1, 0.15) is 42.9 Å². The molecule has 1 N–H and O–H groups in total. The van der Waals surface area contributed by atoms with Gasteiger partial charge in [-0.1, -0.05) is 30.3 Å². The Labute approximate surface area is 162 Å². The number of aromatic nitrogens is 2. The zero-order valence-electron chi connectivity index (χ0n) is 15.7. The average Bonchev–Trinajstić information content (AvgIpc) is 3.64. The summed E-state index contributed by atoms with van der Waals surface area (Å²) in [5.41, 5.74) is 0.330. The largest absolute Gasteiger partial charge is 0.339 e. The molecule has 2 aromatic rings. The number of anilines is 1. The highest BCUT2D eigenvalue weighted by atomic mass is 19.1. The molecule has 0 radical (unpaired) electrons. The number of nitrogens with one attached hydrogen (secondary N) is 1. The van der Waals surface area contributed by atoms with E-state index in [-0.39, 0.29) is 17.2 Å². The van der Waals surface area contributed by atoms with Gasteiger partial charge in [-0.3, -0.25) is 14.6 Å². The summed E-state index contributed by atoms with van der Waals surface area (Å²) in [5, 5.41) is 0. The van der Waals surface area contributed by atoms with Crippen LogP contribution in [0.3, 0.4) is 0 Å². The first-order valence-corrected chi connectivity index (χ1v) is 9.98. The third-order valence-corrected chi connectivity index (χ3v) is 6.19. The zero-order chi connectivity index (χ0) is 19.3. The molecule has 28 heavy (non-hydrogen) atoms. The van der Waals surface area contributed by atoms with Gasteiger partial charge < -0.3 is 9.80 Å². The summed E-state index contributed by atoms with van der Waals surface area (Å²) in [6.45, 7) is 2.31. The minimum Gasteiger partial charge on any atom is -0.339 e. The smallest absolute Gasteiger partial charge is 0.288 e. The maximum absolute atomic E-state index is 14.0. The minimum absolute atomic E-state index is 0.0736. The summed E-state index contributed by atoms with van der Waals surface area (Å²) >= 11 is 0. The van der Waals surface area contributed by atoms with E-state index >= 15 is 0 Å². The van der Waals surface area contributed by atoms with E-state index < -0.39 is 11.4 Å². The molecule has 1 aromatic heterocycles. The molecule has 6 nitrogen and oxygen atoms in total. The molecule has 146 valence electrons. The molecule has 1 aliphatic heterocycles. The first-order chi connectivity index (χ1) is 13.6. The Morgan fingerprint density at radius 2 is 1.79 bits per heavy atom. The Balaban J connectivity index is 1.30. The molecule has 3 aliphatic rings. The van der Waals surface area contributed by atoms with Gasteiger partial charge >= 0.3 is 0 Å². The molecule has 2 aliphatic carbocycles. The van der Waals surface area contributed by atoms with Crippen LogP contribution in [-0.4, -0.2) is 47.0 Å². The van der Waals surface area contributed by atoms with Crippen molar-refractivity contribution < 1.29 is 9.18 Å². The van der Waals surface area contributed by atoms with Gasteiger partial charge in [-0.15, -0.1) is 0 Å². The molecule has 3 fully saturated rings. The first kappa shape index (κ1) is 17.4. The van der Waals surface area contributed by atoms with Crippen molar-refractivity contribution in [2.45, 2.75) is 37.0 Å². The second kappa shape index (κ2) is 6.43. The molecule has 0 atom stereocenters. The van der Waals surface area contributed by atoms with Crippen LogP contribution < -0.4 is 10.5 Å². The average molecular weight is 382 g/mol. The first-order valence-electron chi connectivity index (χ1n) is 9.98. The number of nitrogens with zero attached hydrogens (tertiary/aromatic N) is 3. The molecule has 2 heterocycles. The van der Waals surface area contributed by atoms with Crippen LogP contribution in [0.4, 0.5) is 10.3 Å². The number of hydrogen-bond donors (Lipinski definition) is 1. The fourth-order valence-corrected chi connectivity index (χ4v) is 4.17. The molecule has 1 amide bonds. The van der Waals surface area contributed by atoms with E-state index in [1.165, 1.54) is 0 Å². The third-order valence-electron chi connectivity index (χ3n) is 6.19. The Bertz CT molecular complexity index is 958. The normalized spacial score (nSPS) is 20.9. The highest BCUT2D eigenvalue weighted by Crippen LogP contribution is 2.49. The van der Waals surface area contributed by atoms with Gasteiger partial charge in [-0.25, -0.2) is 4.98 Å². The summed E-state index contributed by atoms with van der Waals surface area (Å²) < 4.78 is 14.0. The van der Waals surface area contributed by atoms with Crippen LogP contribution in [0.25, 0.3) is 0 Å². The van der Waals surface area contributed by atoms with Crippen molar-refractivity contribution >= 4 is 11.9 Å². The quantitative estimate of drug-likeness (QED) is 0.880. The second-order valence-corrected chi connectivity index (χ2v) is 8.09. The number of benzene rings is 1. The number of rotatable bonds is 4. The van der Waals surface area contributed by atoms with Crippen LogP contribution in [0.5, 0.6) is 0 Å². The van der Waals surface area contributed by atoms with Crippen molar-refractivity contribution in [2.75, 3.05) is 31.1 Å². The number of hydrogen-bond acceptors (Lipinski definition) is 4. The van der Waals surface area contributed by atoms with Crippen LogP contribution in [0.15, 0.2) is 35.1 Å². The molecule has 0 spiro atoms. The van der Waals surface area contributed by atoms with Crippen LogP contribution in [-0.2, 0) is 10.2 Å². The highest BCUT2D eigenvalue weighted by Gasteiger charge is 2.53. The maximum atomic E-state index is 14.0. The molecule has 0 bridgehead atoms. The molecule has 0 unspecified atom stereocenters. The Morgan fingerprint density at radius 3 is 2.39 bits per heavy atom. The number of amides is 1. The van der Waals surface area contributed by atoms with Crippen molar-refractivity contribution in [3.63, 3.8) is 0 Å². The van der Waals surface area contributed by atoms with Crippen molar-refractivity contribution in [3.05, 3.63) is 57.8 Å². The van der Waals surface area contributed by atoms with Crippen LogP contribution >= 0.6 is 0 Å². The summed E-state index contributed by atoms with van der Waals surface area (Å²) in [4.78, 5) is 35.9. The minimum atomic E-state index is -0.751. The summed E-state index contributed by atoms with van der Waals surface area (Å²) in [5.74, 6) is -0.0646. The van der Waals surface area contributed by atoms with Crippen molar-refractivity contribution in [1.82, 2.24) is 14.9 Å². The highest BCUT2D eigenvalue weighted by molar-refractivity contribution is 5.91. The summed E-state index contributed by atoms with van der Waals surface area (Å²) in [6, 6.07) is 10.00. The number of halogens is 1. The number of piperazine rings is 1. The van der Waals surface area contributed by atoms with E-state index in [0.29, 0.717) is 37.8 Å². The predicted octanol–water partition coefficient (Wildman–Crippen LogP) is 2.17. The lowest BCUT2D eigenvalue weighted by molar-refractivity contribution is -0.134. The van der Waals surface area contributed by atoms with Crippen LogP contribution in [0, 0.1) is 5.82 Å². The lowest BCUT2D eigenvalue weighted by Crippen LogP contribution is -2.52. The predicted molar refractivity (Wildman–Crippen MR) is 103 cm³/mol. The Hall–Kier alpha value is -2.70. The molecule has 1 aromatic carbocycles. The lowest BCUT2D eigenvalue weighted by atomic mass is 9.94. The molecule has 7 heteroatoms. The third kappa shape index (κ3) is 2.89. The fraction of sp³-hybridized carbons (Fsp3) is 0.476. The van der Waals surface area contributed by atoms with Gasteiger partial charge in [0.15, 0.2) is 0 Å². The van der Waals surface area contributed by atoms with Gasteiger partial charge in [0.1, 0.15) is 0 Å². The Morgan fingerprint density at radius 1 is 1.11 bits per heavy atom. The van der Waals surface area contributed by atoms with Crippen molar-refractivity contribution in [2.24, 2.45) is 0 Å². The molecule has 2 saturated carbocycles. The standard InChI is InChI=1S/C21H23FN4O2/c22-16-17(14-6-7-14)23-20(24-18(16)27)26-12-10-25(11-13-26)19(28)21(8-9-21)15-4-2-1-3-5-15/h1-5,14H,6-13H2,(H,23,24,27). The molecule has 1 saturated heterocycles. The van der Waals surface area contributed by atoms with E-state index in [4.69, 9.17) is 0 Å². The fourth-order valence-electron chi connectivity index (χ4n) is 4.17. The van der Waals surface area contributed by atoms with Gasteiger partial charge in [0.2, 0.25) is 17.7 Å². The number of H-pyrrole nitrogens is 1. The summed E-state index contributed by atoms with van der Waals surface area (Å²) in [6.07, 6.45) is 3.56. The maximum Gasteiger partial charge on any atom is 0.288 e. The van der Waals surface area contributed by atoms with E-state index in [0.717, 1.165) is 31.2 Å². The number of carbonyl (C=O) groups excluding carboxylic acids is 1. The van der Waals surface area contributed by atoms with Gasteiger partial charge in [0, 0.05) is 32.1 Å². The van der Waals surface area contributed by atoms with Crippen molar-refractivity contribution in [1.29, 1.82) is 0 Å². The second-order valence-electron chi connectivity index (χ2n) is 8.09. The van der Waals surface area contributed by atoms with E-state index in [1.54, 1.807) is 0 Å². The zero-order valence-corrected chi connectivity index (χ0v) is 15.7. The SMILES string of the molecule is O=C(N1CCN(c2nc(C3CC3)c(F)c(=O)[nH]2)CC1)C1(c2ccccc2)CC1. The number of aromatic amines is 1. The molecular formula is C21H23FN4O2. The van der Waals surface area contributed by atoms with Gasteiger partial charge in [0.05, 0.1) is 11.1 Å². The van der Waals surface area contributed by atoms with Crippen LogP contribution in [0.2, 0.25) is 0 Å². The Kier molecular flexibility index (Phi) is 4.00. The number of carbonyl (C=O) groups is 1. The monoisotopic (exact) mass is 382 g/mol. The lowest BCUT2D eigenvalue weighted by Gasteiger charge is -2.37. The van der Waals surface area contributed by atoms with Gasteiger partial charge in [-0.05, 0) is 31.2 Å². The van der Waals surface area contributed by atoms with E-state index in [1.807, 2.05) is 40.1 Å².